The topological polar surface area (TPSA) is 59.4 Å². The maximum absolute atomic E-state index is 10.9. The molecule has 4 heteroatoms. The van der Waals surface area contributed by atoms with Gasteiger partial charge in [0, 0.05) is 12.3 Å². The largest absolute Gasteiger partial charge is 0.506 e. The van der Waals surface area contributed by atoms with Crippen molar-refractivity contribution in [2.75, 3.05) is 6.61 Å². The van der Waals surface area contributed by atoms with E-state index in [2.05, 4.69) is 9.72 Å². The summed E-state index contributed by atoms with van der Waals surface area (Å²) < 4.78 is 4.67. The first-order chi connectivity index (χ1) is 6.74. The first kappa shape index (κ1) is 10.2. The lowest BCUT2D eigenvalue weighted by Gasteiger charge is -1.96. The maximum Gasteiger partial charge on any atom is 0.330 e. The molecule has 1 rings (SSSR count). The maximum atomic E-state index is 10.9. The van der Waals surface area contributed by atoms with Crippen LogP contribution in [0.25, 0.3) is 6.08 Å². The highest BCUT2D eigenvalue weighted by atomic mass is 16.5. The lowest BCUT2D eigenvalue weighted by Crippen LogP contribution is -1.98. The van der Waals surface area contributed by atoms with Crippen LogP contribution in [-0.4, -0.2) is 22.7 Å². The van der Waals surface area contributed by atoms with Crippen LogP contribution in [0.2, 0.25) is 0 Å². The van der Waals surface area contributed by atoms with E-state index in [0.717, 1.165) is 0 Å². The van der Waals surface area contributed by atoms with E-state index < -0.39 is 5.97 Å². The standard InChI is InChI=1S/C10H11NO3/c1-2-14-10(13)6-5-8-9(12)4-3-7-11-8/h3-7,12H,2H2,1H3/b6-5+. The molecule has 0 aliphatic carbocycles. The monoisotopic (exact) mass is 193 g/mol. The van der Waals surface area contributed by atoms with Crippen molar-refractivity contribution in [3.05, 3.63) is 30.1 Å². The molecule has 0 aromatic carbocycles. The Morgan fingerprint density at radius 1 is 1.71 bits per heavy atom. The molecule has 1 heterocycles. The zero-order valence-corrected chi connectivity index (χ0v) is 7.80. The molecule has 0 unspecified atom stereocenters. The third kappa shape index (κ3) is 2.90. The number of carbonyl (C=O) groups is 1. The summed E-state index contributed by atoms with van der Waals surface area (Å²) >= 11 is 0. The second-order valence-corrected chi connectivity index (χ2v) is 2.49. The smallest absolute Gasteiger partial charge is 0.330 e. The zero-order chi connectivity index (χ0) is 10.4. The third-order valence-electron chi connectivity index (χ3n) is 1.48. The third-order valence-corrected chi connectivity index (χ3v) is 1.48. The van der Waals surface area contributed by atoms with Gasteiger partial charge in [-0.3, -0.25) is 4.98 Å². The van der Waals surface area contributed by atoms with E-state index in [1.54, 1.807) is 13.0 Å². The van der Waals surface area contributed by atoms with Crippen LogP contribution in [0.3, 0.4) is 0 Å². The van der Waals surface area contributed by atoms with Crippen LogP contribution in [0.1, 0.15) is 12.6 Å². The summed E-state index contributed by atoms with van der Waals surface area (Å²) in [5.41, 5.74) is 0.348. The molecule has 0 saturated carbocycles. The molecule has 1 aromatic heterocycles. The first-order valence-corrected chi connectivity index (χ1v) is 4.23. The quantitative estimate of drug-likeness (QED) is 0.581. The van der Waals surface area contributed by atoms with Gasteiger partial charge in [-0.2, -0.15) is 0 Å². The number of pyridine rings is 1. The molecule has 0 radical (unpaired) electrons. The minimum Gasteiger partial charge on any atom is -0.506 e. The van der Waals surface area contributed by atoms with Gasteiger partial charge in [-0.15, -0.1) is 0 Å². The average Bonchev–Trinajstić information content (AvgIpc) is 2.17. The van der Waals surface area contributed by atoms with Crippen LogP contribution in [0, 0.1) is 0 Å². The summed E-state index contributed by atoms with van der Waals surface area (Å²) in [6, 6.07) is 3.11. The Bertz CT molecular complexity index is 347. The van der Waals surface area contributed by atoms with Gasteiger partial charge in [-0.25, -0.2) is 4.79 Å². The fraction of sp³-hybridized carbons (Fsp3) is 0.200. The molecule has 0 amide bonds. The SMILES string of the molecule is CCOC(=O)/C=C/c1ncccc1O. The molecule has 1 N–H and O–H groups in total. The molecule has 0 fully saturated rings. The van der Waals surface area contributed by atoms with Gasteiger partial charge >= 0.3 is 5.97 Å². The molecule has 0 aliphatic heterocycles. The summed E-state index contributed by atoms with van der Waals surface area (Å²) in [6.45, 7) is 2.06. The summed E-state index contributed by atoms with van der Waals surface area (Å²) in [5.74, 6) is -0.411. The Balaban J connectivity index is 2.69. The van der Waals surface area contributed by atoms with Crippen molar-refractivity contribution in [1.29, 1.82) is 0 Å². The number of hydrogen-bond acceptors (Lipinski definition) is 4. The van der Waals surface area contributed by atoms with Crippen LogP contribution in [-0.2, 0) is 9.53 Å². The number of esters is 1. The van der Waals surface area contributed by atoms with Gasteiger partial charge in [0.15, 0.2) is 0 Å². The van der Waals surface area contributed by atoms with Crippen molar-refractivity contribution in [2.45, 2.75) is 6.92 Å². The molecule has 1 aromatic rings. The Morgan fingerprint density at radius 2 is 2.50 bits per heavy atom. The number of hydrogen-bond donors (Lipinski definition) is 1. The lowest BCUT2D eigenvalue weighted by molar-refractivity contribution is -0.137. The van der Waals surface area contributed by atoms with Crippen LogP contribution in [0.5, 0.6) is 5.75 Å². The van der Waals surface area contributed by atoms with E-state index >= 15 is 0 Å². The molecular formula is C10H11NO3. The van der Waals surface area contributed by atoms with Gasteiger partial charge in [0.25, 0.3) is 0 Å². The van der Waals surface area contributed by atoms with Crippen molar-refractivity contribution in [1.82, 2.24) is 4.98 Å². The normalized spacial score (nSPS) is 10.4. The van der Waals surface area contributed by atoms with Crippen molar-refractivity contribution in [2.24, 2.45) is 0 Å². The fourth-order valence-electron chi connectivity index (χ4n) is 0.875. The number of aromatic nitrogens is 1. The molecule has 74 valence electrons. The van der Waals surface area contributed by atoms with Crippen molar-refractivity contribution >= 4 is 12.0 Å². The van der Waals surface area contributed by atoms with Gasteiger partial charge in [0.05, 0.1) is 6.61 Å². The first-order valence-electron chi connectivity index (χ1n) is 4.23. The second-order valence-electron chi connectivity index (χ2n) is 2.49. The molecule has 0 spiro atoms. The Hall–Kier alpha value is -1.84. The number of rotatable bonds is 3. The molecule has 0 bridgehead atoms. The molecular weight excluding hydrogens is 182 g/mol. The Kier molecular flexibility index (Phi) is 3.67. The zero-order valence-electron chi connectivity index (χ0n) is 7.80. The van der Waals surface area contributed by atoms with Crippen molar-refractivity contribution in [3.63, 3.8) is 0 Å². The highest BCUT2D eigenvalue weighted by molar-refractivity contribution is 5.87. The molecule has 4 nitrogen and oxygen atoms in total. The summed E-state index contributed by atoms with van der Waals surface area (Å²) in [4.78, 5) is 14.8. The number of ether oxygens (including phenoxy) is 1. The highest BCUT2D eigenvalue weighted by Crippen LogP contribution is 2.13. The lowest BCUT2D eigenvalue weighted by atomic mass is 10.3. The van der Waals surface area contributed by atoms with E-state index in [1.165, 1.54) is 24.4 Å². The highest BCUT2D eigenvalue weighted by Gasteiger charge is 1.98. The predicted molar refractivity (Wildman–Crippen MR) is 51.6 cm³/mol. The van der Waals surface area contributed by atoms with Crippen LogP contribution < -0.4 is 0 Å². The number of aromatic hydroxyl groups is 1. The van der Waals surface area contributed by atoms with Gasteiger partial charge in [-0.05, 0) is 25.1 Å². The van der Waals surface area contributed by atoms with E-state index in [1.807, 2.05) is 0 Å². The molecule has 0 atom stereocenters. The average molecular weight is 193 g/mol. The Labute approximate surface area is 81.9 Å². The van der Waals surface area contributed by atoms with E-state index in [9.17, 15) is 9.90 Å². The minimum atomic E-state index is -0.447. The van der Waals surface area contributed by atoms with Crippen molar-refractivity contribution in [3.8, 4) is 5.75 Å². The fourth-order valence-corrected chi connectivity index (χ4v) is 0.875. The summed E-state index contributed by atoms with van der Waals surface area (Å²) in [5, 5.41) is 9.29. The van der Waals surface area contributed by atoms with Gasteiger partial charge in [-0.1, -0.05) is 0 Å². The Morgan fingerprint density at radius 3 is 3.14 bits per heavy atom. The summed E-state index contributed by atoms with van der Waals surface area (Å²) in [7, 11) is 0. The van der Waals surface area contributed by atoms with Crippen LogP contribution in [0.4, 0.5) is 0 Å². The second kappa shape index (κ2) is 5.01. The number of nitrogens with zero attached hydrogens (tertiary/aromatic N) is 1. The molecule has 0 aliphatic rings. The van der Waals surface area contributed by atoms with Crippen molar-refractivity contribution < 1.29 is 14.6 Å². The molecule has 14 heavy (non-hydrogen) atoms. The summed E-state index contributed by atoms with van der Waals surface area (Å²) in [6.07, 6.45) is 4.17. The number of carbonyl (C=O) groups excluding carboxylic acids is 1. The van der Waals surface area contributed by atoms with E-state index in [0.29, 0.717) is 12.3 Å². The van der Waals surface area contributed by atoms with Crippen LogP contribution in [0.15, 0.2) is 24.4 Å². The van der Waals surface area contributed by atoms with E-state index in [4.69, 9.17) is 0 Å². The van der Waals surface area contributed by atoms with Gasteiger partial charge < -0.3 is 9.84 Å². The van der Waals surface area contributed by atoms with Gasteiger partial charge in [0.1, 0.15) is 11.4 Å². The van der Waals surface area contributed by atoms with E-state index in [-0.39, 0.29) is 5.75 Å². The predicted octanol–water partition coefficient (Wildman–Crippen LogP) is 1.36. The van der Waals surface area contributed by atoms with Crippen LogP contribution >= 0.6 is 0 Å². The van der Waals surface area contributed by atoms with Gasteiger partial charge in [0.2, 0.25) is 0 Å². The molecule has 0 saturated heterocycles. The minimum absolute atomic E-state index is 0.0352.